The Balaban J connectivity index is 1.92. The lowest BCUT2D eigenvalue weighted by Gasteiger charge is -2.44. The molecule has 2 atom stereocenters. The second-order valence-electron chi connectivity index (χ2n) is 6.74. The van der Waals surface area contributed by atoms with Crippen LogP contribution in [0.15, 0.2) is 30.3 Å². The lowest BCUT2D eigenvalue weighted by molar-refractivity contribution is 0.0236. The predicted octanol–water partition coefficient (Wildman–Crippen LogP) is 3.90. The second kappa shape index (κ2) is 6.93. The number of hydrogen-bond acceptors (Lipinski definition) is 2. The van der Waals surface area contributed by atoms with Gasteiger partial charge in [0.05, 0.1) is 6.61 Å². The van der Waals surface area contributed by atoms with Crippen LogP contribution in [0.5, 0.6) is 0 Å². The number of nitrogens with one attached hydrogen (secondary N) is 1. The van der Waals surface area contributed by atoms with E-state index in [9.17, 15) is 0 Å². The Morgan fingerprint density at radius 3 is 2.57 bits per heavy atom. The Morgan fingerprint density at radius 1 is 1.19 bits per heavy atom. The number of hydrogen-bond donors (Lipinski definition) is 1. The van der Waals surface area contributed by atoms with Gasteiger partial charge in [-0.3, -0.25) is 0 Å². The molecular weight excluding hydrogens is 258 g/mol. The molecule has 2 fully saturated rings. The summed E-state index contributed by atoms with van der Waals surface area (Å²) in [4.78, 5) is 0. The molecule has 1 aliphatic carbocycles. The summed E-state index contributed by atoms with van der Waals surface area (Å²) in [5.41, 5.74) is 1.86. The van der Waals surface area contributed by atoms with Gasteiger partial charge < -0.3 is 10.1 Å². The molecule has 3 rings (SSSR count). The highest BCUT2D eigenvalue weighted by Gasteiger charge is 2.45. The molecule has 21 heavy (non-hydrogen) atoms. The molecule has 0 spiro atoms. The first-order valence-electron chi connectivity index (χ1n) is 8.73. The van der Waals surface area contributed by atoms with E-state index in [0.717, 1.165) is 19.8 Å². The van der Waals surface area contributed by atoms with Gasteiger partial charge in [-0.2, -0.15) is 0 Å². The van der Waals surface area contributed by atoms with E-state index in [1.807, 2.05) is 0 Å². The molecule has 1 aromatic carbocycles. The predicted molar refractivity (Wildman–Crippen MR) is 87.6 cm³/mol. The highest BCUT2D eigenvalue weighted by molar-refractivity contribution is 5.30. The van der Waals surface area contributed by atoms with Gasteiger partial charge >= 0.3 is 0 Å². The maximum atomic E-state index is 5.81. The lowest BCUT2D eigenvalue weighted by atomic mass is 9.67. The first kappa shape index (κ1) is 15.1. The van der Waals surface area contributed by atoms with E-state index in [1.165, 1.54) is 38.5 Å². The van der Waals surface area contributed by atoms with Crippen LogP contribution < -0.4 is 5.32 Å². The van der Waals surface area contributed by atoms with Crippen LogP contribution >= 0.6 is 0 Å². The Morgan fingerprint density at radius 2 is 1.95 bits per heavy atom. The highest BCUT2D eigenvalue weighted by atomic mass is 16.5. The molecular formula is C19H29NO. The minimum atomic E-state index is 0.322. The zero-order chi connectivity index (χ0) is 14.5. The van der Waals surface area contributed by atoms with Gasteiger partial charge in [0, 0.05) is 18.1 Å². The molecule has 1 heterocycles. The molecule has 1 saturated carbocycles. The van der Waals surface area contributed by atoms with E-state index in [0.29, 0.717) is 17.4 Å². The molecule has 1 saturated heterocycles. The van der Waals surface area contributed by atoms with Gasteiger partial charge in [0.1, 0.15) is 0 Å². The third kappa shape index (κ3) is 3.02. The summed E-state index contributed by atoms with van der Waals surface area (Å²) in [6, 6.07) is 11.8. The fraction of sp³-hybridized carbons (Fsp3) is 0.684. The van der Waals surface area contributed by atoms with Gasteiger partial charge in [-0.1, -0.05) is 50.1 Å². The van der Waals surface area contributed by atoms with Crippen molar-refractivity contribution >= 4 is 0 Å². The van der Waals surface area contributed by atoms with E-state index < -0.39 is 0 Å². The van der Waals surface area contributed by atoms with Crippen molar-refractivity contribution in [2.45, 2.75) is 56.9 Å². The zero-order valence-electron chi connectivity index (χ0n) is 13.3. The summed E-state index contributed by atoms with van der Waals surface area (Å²) in [5.74, 6) is 0.664. The first-order chi connectivity index (χ1) is 10.4. The molecule has 116 valence electrons. The molecule has 0 aromatic heterocycles. The van der Waals surface area contributed by atoms with Crippen molar-refractivity contribution in [2.75, 3.05) is 19.8 Å². The van der Waals surface area contributed by atoms with Gasteiger partial charge in [-0.25, -0.2) is 0 Å². The fourth-order valence-electron chi connectivity index (χ4n) is 4.62. The largest absolute Gasteiger partial charge is 0.381 e. The van der Waals surface area contributed by atoms with Gasteiger partial charge in [0.25, 0.3) is 0 Å². The van der Waals surface area contributed by atoms with Crippen molar-refractivity contribution in [1.29, 1.82) is 0 Å². The summed E-state index contributed by atoms with van der Waals surface area (Å²) in [6.07, 6.45) is 7.91. The van der Waals surface area contributed by atoms with Crippen LogP contribution in [0.1, 0.15) is 51.0 Å². The summed E-state index contributed by atoms with van der Waals surface area (Å²) < 4.78 is 5.81. The number of benzene rings is 1. The highest BCUT2D eigenvalue weighted by Crippen LogP contribution is 2.46. The van der Waals surface area contributed by atoms with Crippen molar-refractivity contribution in [3.8, 4) is 0 Å². The minimum absolute atomic E-state index is 0.322. The standard InChI is InChI=1S/C19H29NO/c1-2-20-18(16-9-8-14-21-15-16)19(12-6-7-13-19)17-10-4-3-5-11-17/h3-5,10-11,16,18,20H,2,6-9,12-15H2,1H3. The topological polar surface area (TPSA) is 21.3 Å². The summed E-state index contributed by atoms with van der Waals surface area (Å²) in [6.45, 7) is 5.18. The Hall–Kier alpha value is -0.860. The molecule has 2 nitrogen and oxygen atoms in total. The second-order valence-corrected chi connectivity index (χ2v) is 6.74. The Labute approximate surface area is 129 Å². The van der Waals surface area contributed by atoms with Crippen molar-refractivity contribution in [3.63, 3.8) is 0 Å². The van der Waals surface area contributed by atoms with E-state index in [1.54, 1.807) is 5.56 Å². The average Bonchev–Trinajstić information content (AvgIpc) is 3.05. The summed E-state index contributed by atoms with van der Waals surface area (Å²) in [7, 11) is 0. The fourth-order valence-corrected chi connectivity index (χ4v) is 4.62. The molecule has 0 bridgehead atoms. The van der Waals surface area contributed by atoms with Gasteiger partial charge in [-0.05, 0) is 43.7 Å². The SMILES string of the molecule is CCNC(C1CCCOC1)C1(c2ccccc2)CCCC1. The van der Waals surface area contributed by atoms with Gasteiger partial charge in [-0.15, -0.1) is 0 Å². The zero-order valence-corrected chi connectivity index (χ0v) is 13.3. The molecule has 1 aromatic rings. The molecule has 0 amide bonds. The van der Waals surface area contributed by atoms with E-state index in [2.05, 4.69) is 42.6 Å². The first-order valence-corrected chi connectivity index (χ1v) is 8.73. The van der Waals surface area contributed by atoms with Gasteiger partial charge in [0.2, 0.25) is 0 Å². The lowest BCUT2D eigenvalue weighted by Crippen LogP contribution is -2.53. The van der Waals surface area contributed by atoms with Crippen LogP contribution in [0.2, 0.25) is 0 Å². The average molecular weight is 287 g/mol. The van der Waals surface area contributed by atoms with Crippen molar-refractivity contribution in [2.24, 2.45) is 5.92 Å². The molecule has 2 unspecified atom stereocenters. The van der Waals surface area contributed by atoms with Crippen LogP contribution in [0.25, 0.3) is 0 Å². The molecule has 2 aliphatic rings. The smallest absolute Gasteiger partial charge is 0.0509 e. The number of likely N-dealkylation sites (N-methyl/N-ethyl adjacent to an activating group) is 1. The Bertz CT molecular complexity index is 418. The quantitative estimate of drug-likeness (QED) is 0.886. The van der Waals surface area contributed by atoms with Crippen molar-refractivity contribution in [3.05, 3.63) is 35.9 Å². The normalized spacial score (nSPS) is 26.6. The van der Waals surface area contributed by atoms with E-state index >= 15 is 0 Å². The number of ether oxygens (including phenoxy) is 1. The molecule has 1 N–H and O–H groups in total. The van der Waals surface area contributed by atoms with Crippen LogP contribution in [-0.4, -0.2) is 25.8 Å². The Kier molecular flexibility index (Phi) is 4.97. The monoisotopic (exact) mass is 287 g/mol. The van der Waals surface area contributed by atoms with Crippen molar-refractivity contribution in [1.82, 2.24) is 5.32 Å². The maximum Gasteiger partial charge on any atom is 0.0509 e. The van der Waals surface area contributed by atoms with Gasteiger partial charge in [0.15, 0.2) is 0 Å². The van der Waals surface area contributed by atoms with Crippen LogP contribution in [0.4, 0.5) is 0 Å². The van der Waals surface area contributed by atoms with E-state index in [4.69, 9.17) is 4.74 Å². The molecule has 0 radical (unpaired) electrons. The van der Waals surface area contributed by atoms with E-state index in [-0.39, 0.29) is 0 Å². The number of rotatable bonds is 5. The maximum absolute atomic E-state index is 5.81. The summed E-state index contributed by atoms with van der Waals surface area (Å²) in [5, 5.41) is 3.85. The third-order valence-electron chi connectivity index (χ3n) is 5.53. The van der Waals surface area contributed by atoms with Crippen LogP contribution in [0, 0.1) is 5.92 Å². The minimum Gasteiger partial charge on any atom is -0.381 e. The van der Waals surface area contributed by atoms with Crippen LogP contribution in [0.3, 0.4) is 0 Å². The van der Waals surface area contributed by atoms with Crippen molar-refractivity contribution < 1.29 is 4.74 Å². The molecule has 1 aliphatic heterocycles. The third-order valence-corrected chi connectivity index (χ3v) is 5.53. The molecule has 2 heteroatoms. The summed E-state index contributed by atoms with van der Waals surface area (Å²) >= 11 is 0. The van der Waals surface area contributed by atoms with Crippen LogP contribution in [-0.2, 0) is 10.2 Å².